The molecular weight excluding hydrogens is 465 g/mol. The van der Waals surface area contributed by atoms with Gasteiger partial charge in [-0.2, -0.15) is 4.37 Å². The van der Waals surface area contributed by atoms with Crippen molar-refractivity contribution in [1.29, 1.82) is 0 Å². The predicted molar refractivity (Wildman–Crippen MR) is 130 cm³/mol. The van der Waals surface area contributed by atoms with Crippen LogP contribution >= 0.6 is 34.7 Å². The molecule has 1 saturated heterocycles. The molecule has 4 rings (SSSR count). The van der Waals surface area contributed by atoms with E-state index in [4.69, 9.17) is 23.2 Å². The van der Waals surface area contributed by atoms with Crippen LogP contribution in [0.5, 0.6) is 0 Å². The molecule has 0 bridgehead atoms. The van der Waals surface area contributed by atoms with Crippen LogP contribution < -0.4 is 4.87 Å². The molecule has 1 amide bonds. The Bertz CT molecular complexity index is 1170. The third-order valence-corrected chi connectivity index (χ3v) is 7.26. The molecule has 3 unspecified atom stereocenters. The highest BCUT2D eigenvalue weighted by Crippen LogP contribution is 2.51. The van der Waals surface area contributed by atoms with Gasteiger partial charge in [0.2, 0.25) is 5.91 Å². The monoisotopic (exact) mass is 489 g/mol. The van der Waals surface area contributed by atoms with E-state index in [1.807, 2.05) is 68.1 Å². The number of hydrogen-bond donors (Lipinski definition) is 1. The third kappa shape index (κ3) is 4.49. The summed E-state index contributed by atoms with van der Waals surface area (Å²) in [6.07, 6.45) is 0.973. The number of nitrogens with zero attached hydrogens (tertiary/aromatic N) is 2. The first-order valence-electron chi connectivity index (χ1n) is 10.6. The van der Waals surface area contributed by atoms with Gasteiger partial charge in [0.25, 0.3) is 0 Å². The smallest absolute Gasteiger partial charge is 0.323 e. The van der Waals surface area contributed by atoms with Gasteiger partial charge in [-0.15, -0.1) is 0 Å². The minimum Gasteiger partial charge on any atom is -0.332 e. The number of halogens is 2. The summed E-state index contributed by atoms with van der Waals surface area (Å²) in [5, 5.41) is 1.32. The van der Waals surface area contributed by atoms with Crippen LogP contribution in [0.4, 0.5) is 0 Å². The summed E-state index contributed by atoms with van der Waals surface area (Å²) >= 11 is 13.4. The van der Waals surface area contributed by atoms with Crippen molar-refractivity contribution >= 4 is 40.6 Å². The van der Waals surface area contributed by atoms with E-state index in [1.165, 1.54) is 0 Å². The lowest BCUT2D eigenvalue weighted by atomic mass is 9.67. The zero-order valence-corrected chi connectivity index (χ0v) is 20.5. The highest BCUT2D eigenvalue weighted by atomic mass is 35.5. The van der Waals surface area contributed by atoms with Gasteiger partial charge in [-0.3, -0.25) is 14.6 Å². The molecule has 1 aliphatic heterocycles. The Morgan fingerprint density at radius 1 is 1.12 bits per heavy atom. The zero-order chi connectivity index (χ0) is 23.0. The normalized spacial score (nSPS) is 23.7. The van der Waals surface area contributed by atoms with Crippen molar-refractivity contribution in [2.75, 3.05) is 0 Å². The van der Waals surface area contributed by atoms with E-state index in [2.05, 4.69) is 15.4 Å². The molecule has 0 spiro atoms. The van der Waals surface area contributed by atoms with Gasteiger partial charge in [0.15, 0.2) is 0 Å². The van der Waals surface area contributed by atoms with Crippen molar-refractivity contribution in [3.8, 4) is 0 Å². The van der Waals surface area contributed by atoms with Gasteiger partial charge in [-0.25, -0.2) is 0 Å². The Labute approximate surface area is 201 Å². The molecule has 1 N–H and O–H groups in total. The summed E-state index contributed by atoms with van der Waals surface area (Å²) in [4.78, 5) is 30.1. The van der Waals surface area contributed by atoms with Crippen LogP contribution in [0.3, 0.4) is 0 Å². The fourth-order valence-corrected chi connectivity index (χ4v) is 5.61. The Balaban J connectivity index is 1.85. The van der Waals surface area contributed by atoms with Crippen LogP contribution in [0.1, 0.15) is 56.1 Å². The van der Waals surface area contributed by atoms with Gasteiger partial charge in [-0.1, -0.05) is 54.4 Å². The highest BCUT2D eigenvalue weighted by molar-refractivity contribution is 7.02. The number of carbonyl (C=O) groups excluding carboxylic acids is 1. The lowest BCUT2D eigenvalue weighted by Crippen LogP contribution is -2.55. The van der Waals surface area contributed by atoms with Gasteiger partial charge in [0.05, 0.1) is 11.5 Å². The zero-order valence-electron chi connectivity index (χ0n) is 18.1. The lowest BCUT2D eigenvalue weighted by Gasteiger charge is -2.51. The number of rotatable bonds is 5. The second kappa shape index (κ2) is 9.00. The second-order valence-corrected chi connectivity index (χ2v) is 10.6. The Hall–Kier alpha value is -2.15. The summed E-state index contributed by atoms with van der Waals surface area (Å²) in [6.45, 7) is 6.04. The number of piperidine rings is 1. The van der Waals surface area contributed by atoms with Crippen LogP contribution in [0, 0.1) is 5.41 Å². The van der Waals surface area contributed by atoms with Crippen LogP contribution in [0.15, 0.2) is 53.3 Å². The first-order valence-corrected chi connectivity index (χ1v) is 12.1. The molecule has 8 heteroatoms. The minimum absolute atomic E-state index is 0.00494. The van der Waals surface area contributed by atoms with Crippen molar-refractivity contribution in [2.24, 2.45) is 5.41 Å². The minimum atomic E-state index is -0.725. The molecule has 2 heterocycles. The summed E-state index contributed by atoms with van der Waals surface area (Å²) in [6, 6.07) is 15.4. The molecule has 3 aromatic rings. The molecule has 5 nitrogen and oxygen atoms in total. The maximum atomic E-state index is 14.0. The van der Waals surface area contributed by atoms with Crippen molar-refractivity contribution in [3.05, 3.63) is 85.2 Å². The van der Waals surface area contributed by atoms with Crippen LogP contribution in [-0.4, -0.2) is 26.2 Å². The number of nitrogens with one attached hydrogen (secondary N) is 1. The Morgan fingerprint density at radius 2 is 1.84 bits per heavy atom. The topological polar surface area (TPSA) is 66.1 Å². The molecule has 1 aliphatic rings. The third-order valence-electron chi connectivity index (χ3n) is 6.19. The van der Waals surface area contributed by atoms with Gasteiger partial charge in [0, 0.05) is 40.0 Å². The maximum Gasteiger partial charge on any atom is 0.323 e. The van der Waals surface area contributed by atoms with E-state index in [-0.39, 0.29) is 28.8 Å². The molecule has 0 saturated carbocycles. The highest BCUT2D eigenvalue weighted by Gasteiger charge is 2.50. The Morgan fingerprint density at radius 3 is 2.44 bits per heavy atom. The lowest BCUT2D eigenvalue weighted by molar-refractivity contribution is -0.153. The number of aromatic nitrogens is 2. The molecule has 0 radical (unpaired) electrons. The number of carbonyl (C=O) groups is 1. The molecule has 32 heavy (non-hydrogen) atoms. The maximum absolute atomic E-state index is 14.0. The first-order chi connectivity index (χ1) is 15.2. The molecule has 0 aliphatic carbocycles. The van der Waals surface area contributed by atoms with E-state index in [0.717, 1.165) is 22.7 Å². The van der Waals surface area contributed by atoms with E-state index in [1.54, 1.807) is 0 Å². The molecule has 1 aromatic heterocycles. The number of likely N-dealkylation sites (tertiary alicyclic amines) is 1. The molecule has 168 valence electrons. The summed E-state index contributed by atoms with van der Waals surface area (Å²) in [5.74, 6) is 0.610. The number of aromatic amines is 1. The van der Waals surface area contributed by atoms with Gasteiger partial charge >= 0.3 is 4.87 Å². The fourth-order valence-electron chi connectivity index (χ4n) is 4.82. The second-order valence-electron chi connectivity index (χ2n) is 8.95. The van der Waals surface area contributed by atoms with E-state index >= 15 is 0 Å². The number of hydrogen-bond acceptors (Lipinski definition) is 4. The largest absolute Gasteiger partial charge is 0.332 e. The molecule has 3 atom stereocenters. The van der Waals surface area contributed by atoms with Crippen LogP contribution in [0.25, 0.3) is 0 Å². The van der Waals surface area contributed by atoms with Gasteiger partial charge < -0.3 is 4.90 Å². The summed E-state index contributed by atoms with van der Waals surface area (Å²) < 4.78 is 4.23. The quantitative estimate of drug-likeness (QED) is 0.488. The average Bonchev–Trinajstić information content (AvgIpc) is 3.14. The first kappa shape index (κ1) is 23.0. The molecular formula is C24H25Cl2N3O2S. The SMILES string of the molecule is CC(C)N1C(=O)C(C)(Cc2nsc(=O)[nH]2)CC(c2cccc(Cl)c2)C1c1ccc(Cl)cc1. The average molecular weight is 490 g/mol. The van der Waals surface area contributed by atoms with Crippen molar-refractivity contribution in [1.82, 2.24) is 14.3 Å². The van der Waals surface area contributed by atoms with Crippen molar-refractivity contribution in [2.45, 2.75) is 51.6 Å². The van der Waals surface area contributed by atoms with Gasteiger partial charge in [-0.05, 0) is 55.7 Å². The molecule has 2 aromatic carbocycles. The standard InChI is InChI=1S/C24H25Cl2N3O2S/c1-14(2)29-21(15-7-9-17(25)10-8-15)19(16-5-4-6-18(26)11-16)12-24(3,22(29)30)13-20-27-23(31)32-28-20/h4-11,14,19,21H,12-13H2,1-3H3,(H,27,28,31). The fraction of sp³-hybridized carbons (Fsp3) is 0.375. The van der Waals surface area contributed by atoms with Crippen LogP contribution in [0.2, 0.25) is 10.0 Å². The van der Waals surface area contributed by atoms with Crippen molar-refractivity contribution < 1.29 is 4.79 Å². The number of amides is 1. The van der Waals surface area contributed by atoms with Crippen molar-refractivity contribution in [3.63, 3.8) is 0 Å². The number of benzene rings is 2. The number of H-pyrrole nitrogens is 1. The summed E-state index contributed by atoms with van der Waals surface area (Å²) in [7, 11) is 0. The van der Waals surface area contributed by atoms with Crippen LogP contribution in [-0.2, 0) is 11.2 Å². The van der Waals surface area contributed by atoms with E-state index in [0.29, 0.717) is 28.7 Å². The summed E-state index contributed by atoms with van der Waals surface area (Å²) in [5.41, 5.74) is 1.39. The molecule has 1 fully saturated rings. The van der Waals surface area contributed by atoms with Gasteiger partial charge in [0.1, 0.15) is 5.82 Å². The van der Waals surface area contributed by atoms with E-state index in [9.17, 15) is 9.59 Å². The van der Waals surface area contributed by atoms with E-state index < -0.39 is 5.41 Å². The predicted octanol–water partition coefficient (Wildman–Crippen LogP) is 5.85. The Kier molecular flexibility index (Phi) is 6.48.